The highest BCUT2D eigenvalue weighted by atomic mass is 19.1. The topological polar surface area (TPSA) is 147 Å². The van der Waals surface area contributed by atoms with Crippen LogP contribution in [0.5, 0.6) is 0 Å². The molecular formula is C27H36FN3O8. The third kappa shape index (κ3) is 8.16. The Morgan fingerprint density at radius 3 is 2.41 bits per heavy atom. The number of nitrogens with zero attached hydrogens (tertiary/aromatic N) is 1. The van der Waals surface area contributed by atoms with E-state index in [1.807, 2.05) is 0 Å². The van der Waals surface area contributed by atoms with Crippen LogP contribution in [0.4, 0.5) is 9.18 Å². The molecule has 0 saturated carbocycles. The maximum Gasteiger partial charge on any atom is 0.408 e. The summed E-state index contributed by atoms with van der Waals surface area (Å²) in [5, 5.41) is 13.0. The summed E-state index contributed by atoms with van der Waals surface area (Å²) in [6.07, 6.45) is -0.137. The Labute approximate surface area is 226 Å². The number of ether oxygens (including phenoxy) is 3. The second kappa shape index (κ2) is 11.6. The van der Waals surface area contributed by atoms with Crippen LogP contribution in [0.2, 0.25) is 0 Å². The number of alkyl carbamates (subject to hydrolysis) is 1. The average molecular weight is 550 g/mol. The number of benzene rings is 1. The number of hydrogen-bond acceptors (Lipinski definition) is 7. The van der Waals surface area contributed by atoms with E-state index in [1.54, 1.807) is 53.8 Å². The number of nitrogens with one attached hydrogen (secondary N) is 2. The molecule has 12 heteroatoms. The van der Waals surface area contributed by atoms with Crippen molar-refractivity contribution >= 4 is 34.8 Å². The predicted octanol–water partition coefficient (Wildman–Crippen LogP) is 3.16. The zero-order valence-corrected chi connectivity index (χ0v) is 23.0. The van der Waals surface area contributed by atoms with Gasteiger partial charge in [0.05, 0.1) is 6.10 Å². The van der Waals surface area contributed by atoms with Gasteiger partial charge in [0, 0.05) is 30.1 Å². The summed E-state index contributed by atoms with van der Waals surface area (Å²) in [6.45, 7) is 9.62. The van der Waals surface area contributed by atoms with Crippen LogP contribution in [0.25, 0.3) is 10.9 Å². The maximum absolute atomic E-state index is 13.9. The van der Waals surface area contributed by atoms with Gasteiger partial charge in [0.2, 0.25) is 5.91 Å². The lowest BCUT2D eigenvalue weighted by atomic mass is 10.0. The van der Waals surface area contributed by atoms with Crippen molar-refractivity contribution in [2.45, 2.75) is 83.8 Å². The molecule has 3 rings (SSSR count). The predicted molar refractivity (Wildman–Crippen MR) is 138 cm³/mol. The standard InChI is InChI=1S/C27H36FN3O8/c1-26(2,3)38-21(32)14-37-20-9-10-31(22(20)24(34)35)23(33)19(30-25(36)39-27(4,5)6)11-15-13-29-18-8-7-16(28)12-17(15)18/h7-8,12-13,19-20,22,29H,9-11,14H2,1-6H3,(H,30,36)(H,34,35). The number of likely N-dealkylation sites (tertiary alicyclic amines) is 1. The van der Waals surface area contributed by atoms with Crippen molar-refractivity contribution in [2.24, 2.45) is 0 Å². The molecule has 11 nitrogen and oxygen atoms in total. The van der Waals surface area contributed by atoms with Crippen LogP contribution in [0.3, 0.4) is 0 Å². The SMILES string of the molecule is CC(C)(C)OC(=O)COC1CCN(C(=O)C(Cc2c[nH]c3ccc(F)cc23)NC(=O)OC(C)(C)C)C1C(=O)O. The summed E-state index contributed by atoms with van der Waals surface area (Å²) >= 11 is 0. The first-order chi connectivity index (χ1) is 18.0. The smallest absolute Gasteiger partial charge is 0.408 e. The molecule has 39 heavy (non-hydrogen) atoms. The molecular weight excluding hydrogens is 513 g/mol. The zero-order chi connectivity index (χ0) is 29.1. The van der Waals surface area contributed by atoms with Crippen LogP contribution in [0.15, 0.2) is 24.4 Å². The van der Waals surface area contributed by atoms with E-state index in [4.69, 9.17) is 14.2 Å². The fraction of sp³-hybridized carbons (Fsp3) is 0.556. The van der Waals surface area contributed by atoms with E-state index in [-0.39, 0.29) is 19.4 Å². The number of esters is 1. The molecule has 214 valence electrons. The van der Waals surface area contributed by atoms with Crippen molar-refractivity contribution in [3.05, 3.63) is 35.8 Å². The van der Waals surface area contributed by atoms with Gasteiger partial charge in [-0.15, -0.1) is 0 Å². The summed E-state index contributed by atoms with van der Waals surface area (Å²) < 4.78 is 30.0. The molecule has 2 aromatic rings. The molecule has 0 spiro atoms. The first-order valence-corrected chi connectivity index (χ1v) is 12.7. The molecule has 0 aliphatic carbocycles. The van der Waals surface area contributed by atoms with Crippen molar-refractivity contribution in [3.8, 4) is 0 Å². The lowest BCUT2D eigenvalue weighted by Gasteiger charge is -2.29. The van der Waals surface area contributed by atoms with Gasteiger partial charge in [0.25, 0.3) is 0 Å². The van der Waals surface area contributed by atoms with Gasteiger partial charge in [-0.2, -0.15) is 0 Å². The highest BCUT2D eigenvalue weighted by molar-refractivity contribution is 5.91. The largest absolute Gasteiger partial charge is 0.480 e. The van der Waals surface area contributed by atoms with E-state index in [2.05, 4.69) is 10.3 Å². The molecule has 0 radical (unpaired) electrons. The third-order valence-corrected chi connectivity index (χ3v) is 5.86. The number of hydrogen-bond donors (Lipinski definition) is 3. The Balaban J connectivity index is 1.83. The minimum absolute atomic E-state index is 0.0177. The van der Waals surface area contributed by atoms with E-state index in [9.17, 15) is 28.7 Å². The van der Waals surface area contributed by atoms with Gasteiger partial charge in [-0.1, -0.05) is 0 Å². The number of aromatic amines is 1. The first kappa shape index (κ1) is 29.9. The fourth-order valence-electron chi connectivity index (χ4n) is 4.41. The molecule has 3 N–H and O–H groups in total. The molecule has 3 unspecified atom stereocenters. The lowest BCUT2D eigenvalue weighted by molar-refractivity contribution is -0.165. The summed E-state index contributed by atoms with van der Waals surface area (Å²) in [7, 11) is 0. The van der Waals surface area contributed by atoms with Crippen LogP contribution < -0.4 is 5.32 Å². The number of halogens is 1. The van der Waals surface area contributed by atoms with Crippen molar-refractivity contribution in [1.29, 1.82) is 0 Å². The summed E-state index contributed by atoms with van der Waals surface area (Å²) in [5.41, 5.74) is -0.409. The minimum Gasteiger partial charge on any atom is -0.480 e. The molecule has 3 atom stereocenters. The number of aliphatic carboxylic acids is 1. The number of H-pyrrole nitrogens is 1. The van der Waals surface area contributed by atoms with Gasteiger partial charge in [0.1, 0.15) is 29.7 Å². The van der Waals surface area contributed by atoms with Gasteiger partial charge < -0.3 is 34.5 Å². The van der Waals surface area contributed by atoms with Crippen molar-refractivity contribution in [2.75, 3.05) is 13.2 Å². The molecule has 1 fully saturated rings. The van der Waals surface area contributed by atoms with Crippen LogP contribution in [0.1, 0.15) is 53.5 Å². The first-order valence-electron chi connectivity index (χ1n) is 12.7. The molecule has 0 bridgehead atoms. The molecule has 1 aromatic carbocycles. The average Bonchev–Trinajstić information content (AvgIpc) is 3.38. The minimum atomic E-state index is -1.40. The monoisotopic (exact) mass is 549 g/mol. The summed E-state index contributed by atoms with van der Waals surface area (Å²) in [5.74, 6) is -3.13. The van der Waals surface area contributed by atoms with Gasteiger partial charge in [-0.3, -0.25) is 4.79 Å². The second-order valence-electron chi connectivity index (χ2n) is 11.4. The second-order valence-corrected chi connectivity index (χ2v) is 11.4. The number of carboxylic acids is 1. The van der Waals surface area contributed by atoms with E-state index in [0.29, 0.717) is 16.5 Å². The Morgan fingerprint density at radius 1 is 1.13 bits per heavy atom. The van der Waals surface area contributed by atoms with Crippen LogP contribution in [-0.4, -0.2) is 81.5 Å². The number of fused-ring (bicyclic) bond motifs is 1. The maximum atomic E-state index is 13.9. The number of carbonyl (C=O) groups excluding carboxylic acids is 3. The lowest BCUT2D eigenvalue weighted by Crippen LogP contribution is -2.55. The summed E-state index contributed by atoms with van der Waals surface area (Å²) in [4.78, 5) is 54.8. The van der Waals surface area contributed by atoms with Crippen LogP contribution >= 0.6 is 0 Å². The van der Waals surface area contributed by atoms with Gasteiger partial charge in [0.15, 0.2) is 6.04 Å². The Morgan fingerprint density at radius 2 is 1.79 bits per heavy atom. The molecule has 1 aliphatic rings. The number of rotatable bonds is 8. The molecule has 1 aromatic heterocycles. The fourth-order valence-corrected chi connectivity index (χ4v) is 4.41. The number of carboxylic acid groups (broad SMARTS) is 1. The van der Waals surface area contributed by atoms with E-state index >= 15 is 0 Å². The third-order valence-electron chi connectivity index (χ3n) is 5.86. The highest BCUT2D eigenvalue weighted by Gasteiger charge is 2.45. The van der Waals surface area contributed by atoms with Gasteiger partial charge >= 0.3 is 18.0 Å². The Bertz CT molecular complexity index is 1230. The number of carbonyl (C=O) groups is 4. The van der Waals surface area contributed by atoms with Gasteiger partial charge in [-0.05, 0) is 71.7 Å². The Hall–Kier alpha value is -3.67. The van der Waals surface area contributed by atoms with Crippen molar-refractivity contribution in [3.63, 3.8) is 0 Å². The van der Waals surface area contributed by atoms with E-state index in [1.165, 1.54) is 12.1 Å². The van der Waals surface area contributed by atoms with Crippen molar-refractivity contribution < 1.29 is 42.9 Å². The quantitative estimate of drug-likeness (QED) is 0.426. The van der Waals surface area contributed by atoms with E-state index < -0.39 is 65.8 Å². The van der Waals surface area contributed by atoms with Gasteiger partial charge in [-0.25, -0.2) is 18.8 Å². The Kier molecular flexibility index (Phi) is 8.89. The molecule has 1 saturated heterocycles. The highest BCUT2D eigenvalue weighted by Crippen LogP contribution is 2.26. The van der Waals surface area contributed by atoms with Crippen molar-refractivity contribution in [1.82, 2.24) is 15.2 Å². The van der Waals surface area contributed by atoms with Crippen LogP contribution in [0, 0.1) is 5.82 Å². The summed E-state index contributed by atoms with van der Waals surface area (Å²) in [6, 6.07) is 1.53. The molecule has 2 amide bonds. The normalized spacial score (nSPS) is 18.6. The number of amides is 2. The molecule has 2 heterocycles. The van der Waals surface area contributed by atoms with E-state index in [0.717, 1.165) is 4.90 Å². The molecule has 1 aliphatic heterocycles. The number of aromatic nitrogens is 1. The van der Waals surface area contributed by atoms with Crippen LogP contribution in [-0.2, 0) is 35.0 Å². The zero-order valence-electron chi connectivity index (χ0n) is 23.0.